The molecule has 1 saturated heterocycles. The van der Waals surface area contributed by atoms with E-state index in [1.807, 2.05) is 6.07 Å². The fourth-order valence-corrected chi connectivity index (χ4v) is 3.29. The van der Waals surface area contributed by atoms with Gasteiger partial charge in [0.05, 0.1) is 12.8 Å². The molecule has 2 rings (SSSR count). The third kappa shape index (κ3) is 3.59. The highest BCUT2D eigenvalue weighted by Crippen LogP contribution is 2.32. The van der Waals surface area contributed by atoms with Crippen molar-refractivity contribution >= 4 is 0 Å². The van der Waals surface area contributed by atoms with Gasteiger partial charge in [0.1, 0.15) is 5.76 Å². The number of piperidine rings is 1. The van der Waals surface area contributed by atoms with Crippen molar-refractivity contribution in [2.24, 2.45) is 5.41 Å². The van der Waals surface area contributed by atoms with Gasteiger partial charge in [0.2, 0.25) is 0 Å². The minimum Gasteiger partial charge on any atom is -0.468 e. The molecule has 0 bridgehead atoms. The summed E-state index contributed by atoms with van der Waals surface area (Å²) in [6.45, 7) is 6.73. The Hall–Kier alpha value is -0.800. The minimum atomic E-state index is 0.467. The number of nitrogens with zero attached hydrogens (tertiary/aromatic N) is 1. The summed E-state index contributed by atoms with van der Waals surface area (Å²) in [4.78, 5) is 2.40. The van der Waals surface area contributed by atoms with Crippen LogP contribution in [0.2, 0.25) is 0 Å². The van der Waals surface area contributed by atoms with E-state index in [-0.39, 0.29) is 0 Å². The van der Waals surface area contributed by atoms with Crippen molar-refractivity contribution in [1.29, 1.82) is 0 Å². The van der Waals surface area contributed by atoms with Crippen LogP contribution >= 0.6 is 0 Å². The third-order valence-corrected chi connectivity index (χ3v) is 3.95. The predicted octanol–water partition coefficient (Wildman–Crippen LogP) is 2.88. The van der Waals surface area contributed by atoms with Gasteiger partial charge in [-0.3, -0.25) is 4.90 Å². The Balaban J connectivity index is 1.91. The van der Waals surface area contributed by atoms with Crippen LogP contribution in [0, 0.1) is 5.41 Å². The van der Waals surface area contributed by atoms with Crippen LogP contribution in [0.4, 0.5) is 0 Å². The second-order valence-corrected chi connectivity index (χ2v) is 5.78. The second kappa shape index (κ2) is 6.39. The molecule has 3 nitrogen and oxygen atoms in total. The van der Waals surface area contributed by atoms with E-state index in [1.165, 1.54) is 38.8 Å². The average molecular weight is 250 g/mol. The normalized spacial score (nSPS) is 24.6. The fourth-order valence-electron chi connectivity index (χ4n) is 3.29. The smallest absolute Gasteiger partial charge is 0.117 e. The van der Waals surface area contributed by atoms with Gasteiger partial charge >= 0.3 is 0 Å². The summed E-state index contributed by atoms with van der Waals surface area (Å²) in [7, 11) is 2.20. The molecule has 1 atom stereocenters. The van der Waals surface area contributed by atoms with Gasteiger partial charge in [-0.15, -0.1) is 0 Å². The van der Waals surface area contributed by atoms with E-state index in [4.69, 9.17) is 4.42 Å². The molecule has 0 amide bonds. The molecule has 3 heteroatoms. The van der Waals surface area contributed by atoms with Gasteiger partial charge in [-0.2, -0.15) is 0 Å². The molecule has 1 fully saturated rings. The van der Waals surface area contributed by atoms with Gasteiger partial charge in [-0.1, -0.05) is 13.3 Å². The average Bonchev–Trinajstić information content (AvgIpc) is 2.83. The van der Waals surface area contributed by atoms with Gasteiger partial charge in [-0.25, -0.2) is 0 Å². The summed E-state index contributed by atoms with van der Waals surface area (Å²) >= 11 is 0. The van der Waals surface area contributed by atoms with Crippen molar-refractivity contribution in [3.05, 3.63) is 24.2 Å². The van der Waals surface area contributed by atoms with Crippen molar-refractivity contribution < 1.29 is 4.42 Å². The third-order valence-electron chi connectivity index (χ3n) is 3.95. The first kappa shape index (κ1) is 13.6. The molecule has 18 heavy (non-hydrogen) atoms. The highest BCUT2D eigenvalue weighted by Gasteiger charge is 2.32. The van der Waals surface area contributed by atoms with Gasteiger partial charge in [0.25, 0.3) is 0 Å². The Labute approximate surface area is 111 Å². The summed E-state index contributed by atoms with van der Waals surface area (Å²) in [6.07, 6.45) is 7.02. The van der Waals surface area contributed by atoms with Crippen LogP contribution in [0.15, 0.2) is 22.8 Å². The molecule has 102 valence electrons. The van der Waals surface area contributed by atoms with Crippen molar-refractivity contribution in [2.75, 3.05) is 26.7 Å². The molecular weight excluding hydrogens is 224 g/mol. The van der Waals surface area contributed by atoms with Crippen molar-refractivity contribution in [1.82, 2.24) is 10.2 Å². The second-order valence-electron chi connectivity index (χ2n) is 5.78. The molecule has 0 aromatic carbocycles. The fraction of sp³-hybridized carbons (Fsp3) is 0.733. The lowest BCUT2D eigenvalue weighted by atomic mass is 9.76. The van der Waals surface area contributed by atoms with Gasteiger partial charge in [0, 0.05) is 13.1 Å². The summed E-state index contributed by atoms with van der Waals surface area (Å²) in [5.74, 6) is 1.06. The van der Waals surface area contributed by atoms with Crippen molar-refractivity contribution in [3.8, 4) is 0 Å². The number of rotatable bonds is 6. The van der Waals surface area contributed by atoms with E-state index in [1.54, 1.807) is 6.26 Å². The van der Waals surface area contributed by atoms with Gasteiger partial charge < -0.3 is 9.73 Å². The van der Waals surface area contributed by atoms with Crippen LogP contribution in [-0.4, -0.2) is 31.6 Å². The zero-order chi connectivity index (χ0) is 12.8. The first-order valence-electron chi connectivity index (χ1n) is 7.16. The van der Waals surface area contributed by atoms with Crippen molar-refractivity contribution in [3.63, 3.8) is 0 Å². The lowest BCUT2D eigenvalue weighted by Crippen LogP contribution is -2.46. The van der Waals surface area contributed by atoms with Crippen LogP contribution in [0.3, 0.4) is 0 Å². The van der Waals surface area contributed by atoms with E-state index in [9.17, 15) is 0 Å². The van der Waals surface area contributed by atoms with Crippen LogP contribution in [0.25, 0.3) is 0 Å². The number of furan rings is 1. The highest BCUT2D eigenvalue weighted by atomic mass is 16.3. The molecule has 1 aliphatic rings. The Kier molecular flexibility index (Phi) is 4.84. The summed E-state index contributed by atoms with van der Waals surface area (Å²) in [5, 5.41) is 3.57. The Morgan fingerprint density at radius 1 is 1.50 bits per heavy atom. The summed E-state index contributed by atoms with van der Waals surface area (Å²) in [5.41, 5.74) is 0.467. The maximum Gasteiger partial charge on any atom is 0.117 e. The molecule has 0 aliphatic carbocycles. The molecule has 0 radical (unpaired) electrons. The molecule has 1 unspecified atom stereocenters. The zero-order valence-electron chi connectivity index (χ0n) is 11.7. The monoisotopic (exact) mass is 250 g/mol. The lowest BCUT2D eigenvalue weighted by molar-refractivity contribution is 0.114. The molecule has 2 heterocycles. The highest BCUT2D eigenvalue weighted by molar-refractivity contribution is 4.98. The largest absolute Gasteiger partial charge is 0.468 e. The number of hydrogen-bond donors (Lipinski definition) is 1. The lowest BCUT2D eigenvalue weighted by Gasteiger charge is -2.40. The maximum absolute atomic E-state index is 5.43. The molecule has 1 N–H and O–H groups in total. The predicted molar refractivity (Wildman–Crippen MR) is 74.5 cm³/mol. The number of hydrogen-bond acceptors (Lipinski definition) is 3. The van der Waals surface area contributed by atoms with E-state index in [2.05, 4.69) is 30.3 Å². The molecule has 1 aliphatic heterocycles. The Morgan fingerprint density at radius 3 is 3.00 bits per heavy atom. The summed E-state index contributed by atoms with van der Waals surface area (Å²) < 4.78 is 5.43. The van der Waals surface area contributed by atoms with Crippen LogP contribution in [-0.2, 0) is 6.54 Å². The molecule has 0 saturated carbocycles. The van der Waals surface area contributed by atoms with E-state index < -0.39 is 0 Å². The molecule has 1 aromatic heterocycles. The first-order chi connectivity index (χ1) is 8.74. The molecular formula is C15H26N2O. The van der Waals surface area contributed by atoms with Crippen LogP contribution < -0.4 is 5.32 Å². The molecule has 1 aromatic rings. The zero-order valence-corrected chi connectivity index (χ0v) is 11.7. The van der Waals surface area contributed by atoms with Crippen LogP contribution in [0.5, 0.6) is 0 Å². The van der Waals surface area contributed by atoms with Gasteiger partial charge in [-0.05, 0) is 50.4 Å². The summed E-state index contributed by atoms with van der Waals surface area (Å²) in [6, 6.07) is 4.02. The van der Waals surface area contributed by atoms with E-state index >= 15 is 0 Å². The van der Waals surface area contributed by atoms with Crippen LogP contribution in [0.1, 0.15) is 38.4 Å². The standard InChI is InChI=1S/C15H26N2O/c1-3-7-15(8-5-9-16-12-15)13-17(2)11-14-6-4-10-18-14/h4,6,10,16H,3,5,7-9,11-13H2,1-2H3. The number of nitrogens with one attached hydrogen (secondary N) is 1. The first-order valence-corrected chi connectivity index (χ1v) is 7.16. The SMILES string of the molecule is CCCC1(CN(C)Cc2ccco2)CCCNC1. The Morgan fingerprint density at radius 2 is 2.39 bits per heavy atom. The maximum atomic E-state index is 5.43. The van der Waals surface area contributed by atoms with E-state index in [0.717, 1.165) is 18.8 Å². The quantitative estimate of drug-likeness (QED) is 0.841. The van der Waals surface area contributed by atoms with Crippen molar-refractivity contribution in [2.45, 2.75) is 39.2 Å². The van der Waals surface area contributed by atoms with Gasteiger partial charge in [0.15, 0.2) is 0 Å². The minimum absolute atomic E-state index is 0.467. The van der Waals surface area contributed by atoms with E-state index in [0.29, 0.717) is 5.41 Å². The Bertz CT molecular complexity index is 323. The topological polar surface area (TPSA) is 28.4 Å². The molecule has 0 spiro atoms.